The minimum absolute atomic E-state index is 0.111. The molecule has 3 atom stereocenters. The van der Waals surface area contributed by atoms with Crippen molar-refractivity contribution in [1.82, 2.24) is 10.3 Å². The summed E-state index contributed by atoms with van der Waals surface area (Å²) in [5, 5.41) is 13.6. The van der Waals surface area contributed by atoms with Gasteiger partial charge in [0.05, 0.1) is 17.8 Å². The monoisotopic (exact) mass is 382 g/mol. The van der Waals surface area contributed by atoms with Gasteiger partial charge < -0.3 is 10.4 Å². The number of nitrogens with one attached hydrogen (secondary N) is 1. The molecule has 1 heterocycles. The van der Waals surface area contributed by atoms with Crippen molar-refractivity contribution in [1.29, 1.82) is 0 Å². The van der Waals surface area contributed by atoms with Crippen molar-refractivity contribution >= 4 is 29.1 Å². The Morgan fingerprint density at radius 3 is 2.92 bits per heavy atom. The molecule has 0 aliphatic heterocycles. The third kappa shape index (κ3) is 3.36. The molecule has 1 aliphatic carbocycles. The molecule has 1 aromatic carbocycles. The van der Waals surface area contributed by atoms with Gasteiger partial charge in [-0.25, -0.2) is 4.39 Å². The first-order chi connectivity index (χ1) is 11.8. The fourth-order valence-corrected chi connectivity index (χ4v) is 3.67. The molecule has 2 N–H and O–H groups in total. The highest BCUT2D eigenvalue weighted by molar-refractivity contribution is 6.35. The van der Waals surface area contributed by atoms with Gasteiger partial charge >= 0.3 is 0 Å². The number of pyridine rings is 1. The molecule has 4 nitrogen and oxygen atoms in total. The number of carbonyl (C=O) groups is 1. The van der Waals surface area contributed by atoms with Gasteiger partial charge in [-0.15, -0.1) is 0 Å². The summed E-state index contributed by atoms with van der Waals surface area (Å²) in [6.07, 6.45) is 0.627. The summed E-state index contributed by atoms with van der Waals surface area (Å²) >= 11 is 12.0. The molecule has 132 valence electrons. The second kappa shape index (κ2) is 6.90. The number of aromatic nitrogens is 1. The molecule has 0 saturated heterocycles. The van der Waals surface area contributed by atoms with Crippen molar-refractivity contribution in [3.05, 3.63) is 63.4 Å². The van der Waals surface area contributed by atoms with Crippen molar-refractivity contribution in [2.75, 3.05) is 0 Å². The van der Waals surface area contributed by atoms with E-state index in [0.29, 0.717) is 15.6 Å². The Hall–Kier alpha value is -1.69. The summed E-state index contributed by atoms with van der Waals surface area (Å²) in [6, 6.07) is 7.47. The van der Waals surface area contributed by atoms with E-state index in [4.69, 9.17) is 23.2 Å². The lowest BCUT2D eigenvalue weighted by atomic mass is 9.80. The third-order valence-corrected chi connectivity index (χ3v) is 5.04. The molecule has 0 fully saturated rings. The molecule has 2 aromatic rings. The number of aliphatic hydroxyl groups excluding tert-OH is 1. The molecule has 0 saturated carbocycles. The highest BCUT2D eigenvalue weighted by atomic mass is 35.5. The number of carbonyl (C=O) groups excluding carboxylic acids is 1. The lowest BCUT2D eigenvalue weighted by Gasteiger charge is -2.33. The number of benzene rings is 1. The maximum absolute atomic E-state index is 15.6. The summed E-state index contributed by atoms with van der Waals surface area (Å²) in [6.45, 7) is 1.72. The van der Waals surface area contributed by atoms with Crippen LogP contribution in [-0.2, 0) is 10.5 Å². The van der Waals surface area contributed by atoms with Crippen LogP contribution in [0.2, 0.25) is 10.0 Å². The molecular weight excluding hydrogens is 366 g/mol. The zero-order valence-electron chi connectivity index (χ0n) is 13.5. The van der Waals surface area contributed by atoms with Gasteiger partial charge in [-0.3, -0.25) is 9.78 Å². The van der Waals surface area contributed by atoms with E-state index in [1.165, 1.54) is 12.3 Å². The second-order valence-corrected chi connectivity index (χ2v) is 7.00. The highest BCUT2D eigenvalue weighted by Gasteiger charge is 2.47. The van der Waals surface area contributed by atoms with Gasteiger partial charge in [0.2, 0.25) is 5.67 Å². The van der Waals surface area contributed by atoms with Crippen molar-refractivity contribution in [2.45, 2.75) is 37.6 Å². The molecule has 7 heteroatoms. The number of nitrogens with zero attached hydrogens (tertiary/aromatic N) is 1. The van der Waals surface area contributed by atoms with Gasteiger partial charge in [0.15, 0.2) is 0 Å². The van der Waals surface area contributed by atoms with E-state index in [0.717, 1.165) is 0 Å². The summed E-state index contributed by atoms with van der Waals surface area (Å²) in [5.74, 6) is -0.771. The van der Waals surface area contributed by atoms with Crippen LogP contribution in [-0.4, -0.2) is 16.0 Å². The summed E-state index contributed by atoms with van der Waals surface area (Å²) in [5.41, 5.74) is -1.27. The van der Waals surface area contributed by atoms with Gasteiger partial charge in [-0.2, -0.15) is 0 Å². The third-order valence-electron chi connectivity index (χ3n) is 4.48. The largest absolute Gasteiger partial charge is 0.387 e. The van der Waals surface area contributed by atoms with Crippen molar-refractivity contribution < 1.29 is 14.3 Å². The average molecular weight is 383 g/mol. The number of hydrogen-bond acceptors (Lipinski definition) is 3. The van der Waals surface area contributed by atoms with E-state index in [2.05, 4.69) is 10.3 Å². The number of rotatable bonds is 3. The topological polar surface area (TPSA) is 62.2 Å². The molecular formula is C18H17Cl2FN2O2. The predicted octanol–water partition coefficient (Wildman–Crippen LogP) is 4.26. The number of fused-ring (bicyclic) bond motifs is 1. The first-order valence-electron chi connectivity index (χ1n) is 7.91. The second-order valence-electron chi connectivity index (χ2n) is 6.15. The van der Waals surface area contributed by atoms with Crippen LogP contribution in [0.1, 0.15) is 48.7 Å². The van der Waals surface area contributed by atoms with Crippen LogP contribution in [0.5, 0.6) is 0 Å². The lowest BCUT2D eigenvalue weighted by molar-refractivity contribution is -0.136. The van der Waals surface area contributed by atoms with Gasteiger partial charge in [0.1, 0.15) is 0 Å². The molecule has 0 radical (unpaired) electrons. The molecule has 0 spiro atoms. The van der Waals surface area contributed by atoms with E-state index in [9.17, 15) is 9.90 Å². The normalized spacial score (nSPS) is 23.6. The number of hydrogen-bond donors (Lipinski definition) is 2. The Morgan fingerprint density at radius 1 is 1.44 bits per heavy atom. The average Bonchev–Trinajstić information content (AvgIpc) is 2.58. The van der Waals surface area contributed by atoms with Crippen molar-refractivity contribution in [2.24, 2.45) is 0 Å². The number of halogens is 3. The Balaban J connectivity index is 1.87. The maximum atomic E-state index is 15.6. The SMILES string of the molecule is C[C@H](NC(=O)[C@]1(F)CC[C@H](O)c2ncccc21)c1ccc(Cl)cc1Cl. The Kier molecular flexibility index (Phi) is 5.00. The standard InChI is InChI=1S/C18H17Cl2FN2O2/c1-10(12-5-4-11(19)9-14(12)20)23-17(25)18(21)7-6-15(24)16-13(18)3-2-8-22-16/h2-5,8-10,15,24H,6-7H2,1H3,(H,23,25)/t10-,15-,18-/m0/s1. The zero-order chi connectivity index (χ0) is 18.2. The fourth-order valence-electron chi connectivity index (χ4n) is 3.10. The molecule has 1 amide bonds. The first-order valence-corrected chi connectivity index (χ1v) is 8.67. The van der Waals surface area contributed by atoms with Gasteiger partial charge in [-0.1, -0.05) is 35.3 Å². The molecule has 3 rings (SSSR count). The minimum Gasteiger partial charge on any atom is -0.387 e. The molecule has 0 bridgehead atoms. The fraction of sp³-hybridized carbons (Fsp3) is 0.333. The van der Waals surface area contributed by atoms with Crippen LogP contribution < -0.4 is 5.32 Å². The minimum atomic E-state index is -2.24. The summed E-state index contributed by atoms with van der Waals surface area (Å²) in [7, 11) is 0. The lowest BCUT2D eigenvalue weighted by Crippen LogP contribution is -2.45. The van der Waals surface area contributed by atoms with Crippen LogP contribution in [0.3, 0.4) is 0 Å². The molecule has 0 unspecified atom stereocenters. The summed E-state index contributed by atoms with van der Waals surface area (Å²) in [4.78, 5) is 16.7. The summed E-state index contributed by atoms with van der Waals surface area (Å²) < 4.78 is 15.6. The smallest absolute Gasteiger partial charge is 0.262 e. The van der Waals surface area contributed by atoms with Crippen molar-refractivity contribution in [3.63, 3.8) is 0 Å². The van der Waals surface area contributed by atoms with Crippen molar-refractivity contribution in [3.8, 4) is 0 Å². The maximum Gasteiger partial charge on any atom is 0.262 e. The Morgan fingerprint density at radius 2 is 2.20 bits per heavy atom. The van der Waals surface area contributed by atoms with E-state index in [1.54, 1.807) is 31.2 Å². The highest BCUT2D eigenvalue weighted by Crippen LogP contribution is 2.42. The van der Waals surface area contributed by atoms with Crippen LogP contribution in [0, 0.1) is 0 Å². The Bertz CT molecular complexity index is 817. The van der Waals surface area contributed by atoms with Crippen LogP contribution >= 0.6 is 23.2 Å². The number of aliphatic hydroxyl groups is 1. The van der Waals surface area contributed by atoms with E-state index in [1.807, 2.05) is 0 Å². The molecule has 25 heavy (non-hydrogen) atoms. The quantitative estimate of drug-likeness (QED) is 0.833. The Labute approximate surface area is 155 Å². The van der Waals surface area contributed by atoms with E-state index < -0.39 is 23.7 Å². The molecule has 1 aromatic heterocycles. The number of amides is 1. The predicted molar refractivity (Wildman–Crippen MR) is 94.2 cm³/mol. The van der Waals surface area contributed by atoms with Gasteiger partial charge in [-0.05, 0) is 43.5 Å². The van der Waals surface area contributed by atoms with Gasteiger partial charge in [0, 0.05) is 21.8 Å². The first kappa shape index (κ1) is 18.1. The number of alkyl halides is 1. The van der Waals surface area contributed by atoms with E-state index in [-0.39, 0.29) is 24.1 Å². The molecule has 1 aliphatic rings. The van der Waals surface area contributed by atoms with Crippen LogP contribution in [0.25, 0.3) is 0 Å². The van der Waals surface area contributed by atoms with Crippen LogP contribution in [0.4, 0.5) is 4.39 Å². The van der Waals surface area contributed by atoms with Crippen LogP contribution in [0.15, 0.2) is 36.5 Å². The zero-order valence-corrected chi connectivity index (χ0v) is 15.0. The van der Waals surface area contributed by atoms with Gasteiger partial charge in [0.25, 0.3) is 5.91 Å². The van der Waals surface area contributed by atoms with E-state index >= 15 is 4.39 Å².